The maximum atomic E-state index is 12.2. The van der Waals surface area contributed by atoms with E-state index in [9.17, 15) is 9.59 Å². The van der Waals surface area contributed by atoms with E-state index in [0.717, 1.165) is 56.8 Å². The van der Waals surface area contributed by atoms with Gasteiger partial charge >= 0.3 is 0 Å². The summed E-state index contributed by atoms with van der Waals surface area (Å²) in [5.74, 6) is 1.03. The van der Waals surface area contributed by atoms with Crippen molar-refractivity contribution >= 4 is 11.8 Å². The van der Waals surface area contributed by atoms with E-state index in [1.807, 2.05) is 31.2 Å². The molecule has 1 aliphatic carbocycles. The minimum atomic E-state index is -0.0996. The van der Waals surface area contributed by atoms with Crippen molar-refractivity contribution in [1.29, 1.82) is 0 Å². The summed E-state index contributed by atoms with van der Waals surface area (Å²) < 4.78 is 5.34. The molecule has 154 valence electrons. The lowest BCUT2D eigenvalue weighted by atomic mass is 10.1. The van der Waals surface area contributed by atoms with Crippen molar-refractivity contribution in [2.24, 2.45) is 0 Å². The van der Waals surface area contributed by atoms with Gasteiger partial charge in [0, 0.05) is 38.8 Å². The van der Waals surface area contributed by atoms with Gasteiger partial charge in [-0.2, -0.15) is 0 Å². The molecular weight excluding hydrogens is 356 g/mol. The number of amides is 2. The summed E-state index contributed by atoms with van der Waals surface area (Å²) >= 11 is 0. The van der Waals surface area contributed by atoms with Crippen LogP contribution in [0.25, 0.3) is 0 Å². The molecule has 0 radical (unpaired) electrons. The summed E-state index contributed by atoms with van der Waals surface area (Å²) in [6, 6.07) is 8.17. The molecule has 2 amide bonds. The molecule has 2 fully saturated rings. The molecule has 1 saturated carbocycles. The van der Waals surface area contributed by atoms with E-state index >= 15 is 0 Å². The van der Waals surface area contributed by atoms with E-state index in [-0.39, 0.29) is 17.9 Å². The molecule has 1 saturated heterocycles. The molecule has 1 atom stereocenters. The summed E-state index contributed by atoms with van der Waals surface area (Å²) in [6.45, 7) is 6.21. The van der Waals surface area contributed by atoms with E-state index in [4.69, 9.17) is 4.74 Å². The fraction of sp³-hybridized carbons (Fsp3) is 0.619. The van der Waals surface area contributed by atoms with Crippen LogP contribution in [-0.2, 0) is 16.0 Å². The summed E-state index contributed by atoms with van der Waals surface area (Å²) in [6.07, 6.45) is 2.97. The van der Waals surface area contributed by atoms with Crippen LogP contribution < -0.4 is 15.4 Å². The zero-order valence-corrected chi connectivity index (χ0v) is 16.9. The molecular formula is C21H32N4O3. The van der Waals surface area contributed by atoms with Gasteiger partial charge in [0.15, 0.2) is 0 Å². The van der Waals surface area contributed by atoms with Gasteiger partial charge in [0.05, 0.1) is 19.7 Å². The smallest absolute Gasteiger partial charge is 0.237 e. The van der Waals surface area contributed by atoms with Crippen LogP contribution >= 0.6 is 0 Å². The second kappa shape index (κ2) is 9.89. The number of rotatable bonds is 9. The predicted octanol–water partition coefficient (Wildman–Crippen LogP) is 0.639. The number of nitrogens with zero attached hydrogens (tertiary/aromatic N) is 2. The number of hydrogen-bond donors (Lipinski definition) is 2. The van der Waals surface area contributed by atoms with Gasteiger partial charge in [-0.1, -0.05) is 18.2 Å². The summed E-state index contributed by atoms with van der Waals surface area (Å²) in [4.78, 5) is 28.8. The van der Waals surface area contributed by atoms with Gasteiger partial charge in [-0.3, -0.25) is 19.4 Å². The van der Waals surface area contributed by atoms with Crippen LogP contribution in [-0.4, -0.2) is 80.1 Å². The molecule has 28 heavy (non-hydrogen) atoms. The highest BCUT2D eigenvalue weighted by molar-refractivity contribution is 5.82. The molecule has 7 heteroatoms. The molecule has 2 N–H and O–H groups in total. The average molecular weight is 389 g/mol. The van der Waals surface area contributed by atoms with Gasteiger partial charge in [-0.25, -0.2) is 0 Å². The van der Waals surface area contributed by atoms with Gasteiger partial charge < -0.3 is 15.4 Å². The first-order valence-electron chi connectivity index (χ1n) is 10.2. The van der Waals surface area contributed by atoms with Crippen molar-refractivity contribution in [2.45, 2.75) is 38.3 Å². The predicted molar refractivity (Wildman–Crippen MR) is 108 cm³/mol. The zero-order valence-electron chi connectivity index (χ0n) is 16.9. The number of hydrogen-bond acceptors (Lipinski definition) is 5. The van der Waals surface area contributed by atoms with Gasteiger partial charge in [0.1, 0.15) is 5.75 Å². The monoisotopic (exact) mass is 388 g/mol. The van der Waals surface area contributed by atoms with Gasteiger partial charge in [-0.05, 0) is 37.8 Å². The van der Waals surface area contributed by atoms with Crippen molar-refractivity contribution in [1.82, 2.24) is 20.4 Å². The van der Waals surface area contributed by atoms with Crippen molar-refractivity contribution < 1.29 is 14.3 Å². The summed E-state index contributed by atoms with van der Waals surface area (Å²) in [7, 11) is 1.66. The Morgan fingerprint density at radius 1 is 1.18 bits per heavy atom. The quantitative estimate of drug-likeness (QED) is 0.649. The molecule has 1 heterocycles. The van der Waals surface area contributed by atoms with Crippen molar-refractivity contribution in [3.63, 3.8) is 0 Å². The van der Waals surface area contributed by atoms with Crippen molar-refractivity contribution in [3.8, 4) is 5.75 Å². The highest BCUT2D eigenvalue weighted by Gasteiger charge is 2.30. The Morgan fingerprint density at radius 3 is 2.57 bits per heavy atom. The van der Waals surface area contributed by atoms with Gasteiger partial charge in [0.25, 0.3) is 0 Å². The summed E-state index contributed by atoms with van der Waals surface area (Å²) in [5, 5.41) is 6.07. The molecule has 7 nitrogen and oxygen atoms in total. The van der Waals surface area contributed by atoms with Crippen LogP contribution in [0.1, 0.15) is 25.3 Å². The topological polar surface area (TPSA) is 73.9 Å². The standard InChI is InChI=1S/C21H32N4O3/c1-16(21(27)23-18-7-8-18)25-13-11-24(12-14-25)15-20(26)22-10-9-17-5-3-4-6-19(17)28-2/h3-6,16,18H,7-15H2,1-2H3,(H,22,26)(H,23,27). The van der Waals surface area contributed by atoms with Crippen molar-refractivity contribution in [2.75, 3.05) is 46.4 Å². The number of methoxy groups -OCH3 is 1. The number of carbonyl (C=O) groups excluding carboxylic acids is 2. The van der Waals surface area contributed by atoms with Crippen LogP contribution in [0, 0.1) is 0 Å². The highest BCUT2D eigenvalue weighted by Crippen LogP contribution is 2.19. The first-order chi connectivity index (χ1) is 13.6. The Kier molecular flexibility index (Phi) is 7.28. The number of benzene rings is 1. The third-order valence-corrected chi connectivity index (χ3v) is 5.53. The molecule has 2 aliphatic rings. The SMILES string of the molecule is COc1ccccc1CCNC(=O)CN1CCN(C(C)C(=O)NC2CC2)CC1. The normalized spacial score (nSPS) is 19.1. The Labute approximate surface area is 167 Å². The minimum Gasteiger partial charge on any atom is -0.496 e. The second-order valence-electron chi connectivity index (χ2n) is 7.68. The molecule has 1 aromatic carbocycles. The molecule has 1 aromatic rings. The largest absolute Gasteiger partial charge is 0.496 e. The molecule has 0 aromatic heterocycles. The lowest BCUT2D eigenvalue weighted by Crippen LogP contribution is -2.55. The summed E-state index contributed by atoms with van der Waals surface area (Å²) in [5.41, 5.74) is 1.09. The van der Waals surface area contributed by atoms with Gasteiger partial charge in [-0.15, -0.1) is 0 Å². The minimum absolute atomic E-state index is 0.0443. The van der Waals surface area contributed by atoms with Crippen LogP contribution in [0.4, 0.5) is 0 Å². The maximum Gasteiger partial charge on any atom is 0.237 e. The lowest BCUT2D eigenvalue weighted by Gasteiger charge is -2.37. The molecule has 0 bridgehead atoms. The molecule has 3 rings (SSSR count). The number of piperazine rings is 1. The van der Waals surface area contributed by atoms with Gasteiger partial charge in [0.2, 0.25) is 11.8 Å². The Morgan fingerprint density at radius 2 is 1.89 bits per heavy atom. The fourth-order valence-electron chi connectivity index (χ4n) is 3.53. The van der Waals surface area contributed by atoms with Crippen molar-refractivity contribution in [3.05, 3.63) is 29.8 Å². The maximum absolute atomic E-state index is 12.2. The van der Waals surface area contributed by atoms with Crippen LogP contribution in [0.15, 0.2) is 24.3 Å². The van der Waals surface area contributed by atoms with E-state index in [1.54, 1.807) is 7.11 Å². The third kappa shape index (κ3) is 5.94. The van der Waals surface area contributed by atoms with E-state index in [2.05, 4.69) is 20.4 Å². The molecule has 1 unspecified atom stereocenters. The lowest BCUT2D eigenvalue weighted by molar-refractivity contribution is -0.128. The first-order valence-corrected chi connectivity index (χ1v) is 10.2. The van der Waals surface area contributed by atoms with E-state index in [0.29, 0.717) is 19.1 Å². The Bertz CT molecular complexity index is 669. The first kappa shape index (κ1) is 20.6. The van der Waals surface area contributed by atoms with Crippen LogP contribution in [0.3, 0.4) is 0 Å². The zero-order chi connectivity index (χ0) is 19.9. The fourth-order valence-corrected chi connectivity index (χ4v) is 3.53. The number of carbonyl (C=O) groups is 2. The average Bonchev–Trinajstić information content (AvgIpc) is 3.52. The van der Waals surface area contributed by atoms with E-state index in [1.165, 1.54) is 0 Å². The third-order valence-electron chi connectivity index (χ3n) is 5.53. The molecule has 1 aliphatic heterocycles. The van der Waals surface area contributed by atoms with Crippen LogP contribution in [0.2, 0.25) is 0 Å². The Hall–Kier alpha value is -2.12. The number of para-hydroxylation sites is 1. The number of nitrogens with one attached hydrogen (secondary N) is 2. The van der Waals surface area contributed by atoms with Crippen LogP contribution in [0.5, 0.6) is 5.75 Å². The number of ether oxygens (including phenoxy) is 1. The second-order valence-corrected chi connectivity index (χ2v) is 7.68. The highest BCUT2D eigenvalue weighted by atomic mass is 16.5. The van der Waals surface area contributed by atoms with E-state index < -0.39 is 0 Å². The Balaban J connectivity index is 1.33. The molecule has 0 spiro atoms.